The molecule has 0 saturated heterocycles. The van der Waals surface area contributed by atoms with Crippen LogP contribution in [0.4, 0.5) is 8.78 Å². The molecule has 5 rings (SSSR count). The van der Waals surface area contributed by atoms with Crippen molar-refractivity contribution < 1.29 is 27.5 Å². The van der Waals surface area contributed by atoms with Crippen LogP contribution in [0.1, 0.15) is 34.6 Å². The molecule has 6 nitrogen and oxygen atoms in total. The maximum absolute atomic E-state index is 15.3. The summed E-state index contributed by atoms with van der Waals surface area (Å²) in [5, 5.41) is 6.15. The van der Waals surface area contributed by atoms with Crippen molar-refractivity contribution in [1.29, 1.82) is 0 Å². The van der Waals surface area contributed by atoms with Gasteiger partial charge in [-0.2, -0.15) is 0 Å². The topological polar surface area (TPSA) is 80.6 Å². The standard InChI is InChI=1S/C34H30F2N2O4/c1-19(2)18-38-33(39)26-16-21(10-14-24(26)25-6-5-7-29(41-4)31(25)36)22-11-15-28-27(17-22)30(34(40)37-3)32(42-28)20-8-12-23(35)13-9-20/h5-17,19H,18H2,1-4H3,(H,37,40)(H,38,39). The molecule has 4 aromatic carbocycles. The molecular weight excluding hydrogens is 538 g/mol. The van der Waals surface area contributed by atoms with Gasteiger partial charge in [0.15, 0.2) is 11.6 Å². The van der Waals surface area contributed by atoms with Gasteiger partial charge in [0, 0.05) is 35.7 Å². The Bertz CT molecular complexity index is 1790. The molecule has 0 saturated carbocycles. The zero-order valence-corrected chi connectivity index (χ0v) is 23.7. The van der Waals surface area contributed by atoms with E-state index in [1.54, 1.807) is 48.5 Å². The highest BCUT2D eigenvalue weighted by molar-refractivity contribution is 6.12. The molecular formula is C34H30F2N2O4. The van der Waals surface area contributed by atoms with E-state index in [1.165, 1.54) is 32.4 Å². The van der Waals surface area contributed by atoms with Crippen molar-refractivity contribution in [3.05, 3.63) is 102 Å². The summed E-state index contributed by atoms with van der Waals surface area (Å²) in [4.78, 5) is 26.4. The van der Waals surface area contributed by atoms with Crippen molar-refractivity contribution in [2.24, 2.45) is 5.92 Å². The number of ether oxygens (including phenoxy) is 1. The van der Waals surface area contributed by atoms with E-state index in [4.69, 9.17) is 9.15 Å². The molecule has 1 aromatic heterocycles. The summed E-state index contributed by atoms with van der Waals surface area (Å²) in [7, 11) is 2.92. The number of benzene rings is 4. The second kappa shape index (κ2) is 11.9. The highest BCUT2D eigenvalue weighted by Crippen LogP contribution is 2.38. The molecule has 2 N–H and O–H groups in total. The summed E-state index contributed by atoms with van der Waals surface area (Å²) in [5.74, 6) is -1.04. The fraction of sp³-hybridized carbons (Fsp3) is 0.176. The van der Waals surface area contributed by atoms with Gasteiger partial charge < -0.3 is 19.8 Å². The molecule has 0 spiro atoms. The molecule has 0 aliphatic rings. The average molecular weight is 569 g/mol. The zero-order valence-electron chi connectivity index (χ0n) is 23.7. The summed E-state index contributed by atoms with van der Waals surface area (Å²) >= 11 is 0. The van der Waals surface area contributed by atoms with Crippen molar-refractivity contribution >= 4 is 22.8 Å². The molecule has 0 atom stereocenters. The Morgan fingerprint density at radius 2 is 1.55 bits per heavy atom. The highest BCUT2D eigenvalue weighted by atomic mass is 19.1. The Morgan fingerprint density at radius 3 is 2.24 bits per heavy atom. The SMILES string of the molecule is CNC(=O)c1c(-c2ccc(F)cc2)oc2ccc(-c3ccc(-c4cccc(OC)c4F)c(C(=O)NCC(C)C)c3)cc12. The summed E-state index contributed by atoms with van der Waals surface area (Å²) in [6.45, 7) is 4.43. The van der Waals surface area contributed by atoms with E-state index in [9.17, 15) is 14.0 Å². The van der Waals surface area contributed by atoms with E-state index in [0.29, 0.717) is 51.1 Å². The minimum atomic E-state index is -0.561. The van der Waals surface area contributed by atoms with E-state index < -0.39 is 11.6 Å². The lowest BCUT2D eigenvalue weighted by molar-refractivity contribution is 0.0946. The molecule has 214 valence electrons. The summed E-state index contributed by atoms with van der Waals surface area (Å²) in [5.41, 5.74) is 3.71. The van der Waals surface area contributed by atoms with Crippen LogP contribution in [0.2, 0.25) is 0 Å². The van der Waals surface area contributed by atoms with Gasteiger partial charge in [0.05, 0.1) is 12.7 Å². The molecule has 8 heteroatoms. The van der Waals surface area contributed by atoms with E-state index >= 15 is 4.39 Å². The Balaban J connectivity index is 1.66. The number of fused-ring (bicyclic) bond motifs is 1. The lowest BCUT2D eigenvalue weighted by atomic mass is 9.93. The van der Waals surface area contributed by atoms with Crippen LogP contribution in [0.25, 0.3) is 44.5 Å². The number of hydrogen-bond donors (Lipinski definition) is 2. The van der Waals surface area contributed by atoms with Gasteiger partial charge in [-0.3, -0.25) is 9.59 Å². The Labute approximate surface area is 242 Å². The van der Waals surface area contributed by atoms with Gasteiger partial charge in [-0.25, -0.2) is 8.78 Å². The first-order valence-corrected chi connectivity index (χ1v) is 13.5. The van der Waals surface area contributed by atoms with E-state index in [1.807, 2.05) is 26.0 Å². The smallest absolute Gasteiger partial charge is 0.255 e. The van der Waals surface area contributed by atoms with Crippen LogP contribution in [0, 0.1) is 17.6 Å². The minimum absolute atomic E-state index is 0.0780. The number of furan rings is 1. The van der Waals surface area contributed by atoms with E-state index in [2.05, 4.69) is 10.6 Å². The van der Waals surface area contributed by atoms with Crippen molar-refractivity contribution in [2.75, 3.05) is 20.7 Å². The Kier molecular flexibility index (Phi) is 8.06. The van der Waals surface area contributed by atoms with Crippen LogP contribution in [0.3, 0.4) is 0 Å². The molecule has 42 heavy (non-hydrogen) atoms. The largest absolute Gasteiger partial charge is 0.494 e. The molecule has 0 unspecified atom stereocenters. The summed E-state index contributed by atoms with van der Waals surface area (Å²) in [6, 6.07) is 21.1. The molecule has 5 aromatic rings. The summed E-state index contributed by atoms with van der Waals surface area (Å²) in [6.07, 6.45) is 0. The Morgan fingerprint density at radius 1 is 0.857 bits per heavy atom. The first kappa shape index (κ1) is 28.5. The third-order valence-electron chi connectivity index (χ3n) is 6.99. The second-order valence-electron chi connectivity index (χ2n) is 10.3. The van der Waals surface area contributed by atoms with E-state index in [-0.39, 0.29) is 29.0 Å². The van der Waals surface area contributed by atoms with Gasteiger partial charge in [0.25, 0.3) is 11.8 Å². The number of rotatable bonds is 8. The molecule has 0 radical (unpaired) electrons. The third-order valence-corrected chi connectivity index (χ3v) is 6.99. The normalized spacial score (nSPS) is 11.1. The average Bonchev–Trinajstić information content (AvgIpc) is 3.38. The minimum Gasteiger partial charge on any atom is -0.494 e. The monoisotopic (exact) mass is 568 g/mol. The lowest BCUT2D eigenvalue weighted by Gasteiger charge is -2.15. The number of halogens is 2. The van der Waals surface area contributed by atoms with Gasteiger partial charge in [-0.15, -0.1) is 0 Å². The van der Waals surface area contributed by atoms with Crippen LogP contribution in [0.5, 0.6) is 5.75 Å². The first-order valence-electron chi connectivity index (χ1n) is 13.5. The van der Waals surface area contributed by atoms with Crippen molar-refractivity contribution in [3.63, 3.8) is 0 Å². The van der Waals surface area contributed by atoms with Crippen molar-refractivity contribution in [1.82, 2.24) is 10.6 Å². The van der Waals surface area contributed by atoms with Crippen molar-refractivity contribution in [2.45, 2.75) is 13.8 Å². The molecule has 0 aliphatic carbocycles. The molecule has 0 fully saturated rings. The Hall–Kier alpha value is -4.98. The number of carbonyl (C=O) groups excluding carboxylic acids is 2. The van der Waals surface area contributed by atoms with Crippen LogP contribution in [-0.2, 0) is 0 Å². The maximum Gasteiger partial charge on any atom is 0.255 e. The fourth-order valence-electron chi connectivity index (χ4n) is 4.85. The molecule has 1 heterocycles. The van der Waals surface area contributed by atoms with Gasteiger partial charge >= 0.3 is 0 Å². The fourth-order valence-corrected chi connectivity index (χ4v) is 4.85. The van der Waals surface area contributed by atoms with Gasteiger partial charge in [0.2, 0.25) is 0 Å². The van der Waals surface area contributed by atoms with Gasteiger partial charge in [-0.05, 0) is 71.1 Å². The third kappa shape index (κ3) is 5.48. The van der Waals surface area contributed by atoms with Gasteiger partial charge in [-0.1, -0.05) is 44.2 Å². The van der Waals surface area contributed by atoms with E-state index in [0.717, 1.165) is 5.56 Å². The molecule has 2 amide bonds. The lowest BCUT2D eigenvalue weighted by Crippen LogP contribution is -2.27. The van der Waals surface area contributed by atoms with Crippen LogP contribution in [0.15, 0.2) is 83.3 Å². The first-order chi connectivity index (χ1) is 20.2. The number of methoxy groups -OCH3 is 1. The molecule has 0 bridgehead atoms. The van der Waals surface area contributed by atoms with Crippen LogP contribution >= 0.6 is 0 Å². The predicted molar refractivity (Wildman–Crippen MR) is 160 cm³/mol. The maximum atomic E-state index is 15.3. The summed E-state index contributed by atoms with van der Waals surface area (Å²) < 4.78 is 40.1. The predicted octanol–water partition coefficient (Wildman–Crippen LogP) is 7.47. The number of amides is 2. The van der Waals surface area contributed by atoms with Crippen molar-refractivity contribution in [3.8, 4) is 39.3 Å². The van der Waals surface area contributed by atoms with Gasteiger partial charge in [0.1, 0.15) is 17.2 Å². The quantitative estimate of drug-likeness (QED) is 0.204. The number of nitrogens with one attached hydrogen (secondary N) is 2. The number of carbonyl (C=O) groups is 2. The molecule has 0 aliphatic heterocycles. The van der Waals surface area contributed by atoms with Crippen LogP contribution < -0.4 is 15.4 Å². The second-order valence-corrected chi connectivity index (χ2v) is 10.3. The zero-order chi connectivity index (χ0) is 30.0. The number of hydrogen-bond acceptors (Lipinski definition) is 4. The highest BCUT2D eigenvalue weighted by Gasteiger charge is 2.23. The van der Waals surface area contributed by atoms with Crippen LogP contribution in [-0.4, -0.2) is 32.5 Å².